The van der Waals surface area contributed by atoms with E-state index in [1.807, 2.05) is 4.68 Å². The first-order chi connectivity index (χ1) is 12.3. The van der Waals surface area contributed by atoms with Gasteiger partial charge in [0.2, 0.25) is 0 Å². The second-order valence-corrected chi connectivity index (χ2v) is 7.32. The van der Waals surface area contributed by atoms with Gasteiger partial charge in [-0.2, -0.15) is 0 Å². The molecule has 1 aliphatic heterocycles. The third-order valence-corrected chi connectivity index (χ3v) is 5.54. The van der Waals surface area contributed by atoms with Gasteiger partial charge in [-0.05, 0) is 65.5 Å². The van der Waals surface area contributed by atoms with Crippen molar-refractivity contribution in [3.05, 3.63) is 63.9 Å². The van der Waals surface area contributed by atoms with E-state index in [0.29, 0.717) is 6.54 Å². The topological polar surface area (TPSA) is 46.8 Å². The maximum atomic E-state index is 13.1. The molecule has 7 heteroatoms. The van der Waals surface area contributed by atoms with Crippen LogP contribution in [-0.4, -0.2) is 38.2 Å². The molecule has 2 aromatic heterocycles. The number of benzene rings is 1. The Morgan fingerprint density at radius 3 is 2.60 bits per heavy atom. The highest BCUT2D eigenvalue weighted by Crippen LogP contribution is 2.32. The van der Waals surface area contributed by atoms with E-state index >= 15 is 0 Å². The molecule has 1 fully saturated rings. The van der Waals surface area contributed by atoms with Gasteiger partial charge in [0.1, 0.15) is 11.9 Å². The third-order valence-electron chi connectivity index (χ3n) is 4.62. The second-order valence-electron chi connectivity index (χ2n) is 6.34. The standard InChI is InChI=1S/C18H20FN5S/c19-15-8-6-14(7-9-15)13-24-18(20-21-22-24)17(16-5-4-12-25-16)23-10-2-1-3-11-23/h4-9,12,17H,1-3,10-11,13H2. The number of halogens is 1. The van der Waals surface area contributed by atoms with Crippen molar-refractivity contribution in [3.8, 4) is 0 Å². The molecule has 1 atom stereocenters. The number of hydrogen-bond donors (Lipinski definition) is 0. The van der Waals surface area contributed by atoms with E-state index < -0.39 is 0 Å². The van der Waals surface area contributed by atoms with Crippen LogP contribution in [-0.2, 0) is 6.54 Å². The lowest BCUT2D eigenvalue weighted by Gasteiger charge is -2.33. The van der Waals surface area contributed by atoms with Crippen LogP contribution in [0.4, 0.5) is 4.39 Å². The van der Waals surface area contributed by atoms with Gasteiger partial charge < -0.3 is 0 Å². The Morgan fingerprint density at radius 2 is 1.88 bits per heavy atom. The molecular formula is C18H20FN5S. The second kappa shape index (κ2) is 7.41. The molecular weight excluding hydrogens is 337 g/mol. The van der Waals surface area contributed by atoms with E-state index in [2.05, 4.69) is 37.9 Å². The van der Waals surface area contributed by atoms with Crippen LogP contribution in [0.2, 0.25) is 0 Å². The van der Waals surface area contributed by atoms with Gasteiger partial charge in [-0.3, -0.25) is 4.90 Å². The Hall–Kier alpha value is -2.12. The highest BCUT2D eigenvalue weighted by Gasteiger charge is 2.29. The van der Waals surface area contributed by atoms with Gasteiger partial charge in [0.05, 0.1) is 6.54 Å². The number of thiophene rings is 1. The molecule has 25 heavy (non-hydrogen) atoms. The lowest BCUT2D eigenvalue weighted by Crippen LogP contribution is -2.35. The molecule has 4 rings (SSSR count). The minimum Gasteiger partial charge on any atom is -0.289 e. The molecule has 130 valence electrons. The van der Waals surface area contributed by atoms with Crippen LogP contribution in [0.1, 0.15) is 41.6 Å². The first-order valence-electron chi connectivity index (χ1n) is 8.59. The van der Waals surface area contributed by atoms with Gasteiger partial charge in [-0.15, -0.1) is 16.4 Å². The Labute approximate surface area is 150 Å². The molecule has 3 heterocycles. The molecule has 1 aromatic carbocycles. The zero-order valence-corrected chi connectivity index (χ0v) is 14.7. The van der Waals surface area contributed by atoms with Crippen LogP contribution in [0.25, 0.3) is 0 Å². The molecule has 0 aliphatic carbocycles. The Balaban J connectivity index is 1.65. The van der Waals surface area contributed by atoms with E-state index in [4.69, 9.17) is 0 Å². The summed E-state index contributed by atoms with van der Waals surface area (Å²) in [7, 11) is 0. The van der Waals surface area contributed by atoms with Gasteiger partial charge in [0.25, 0.3) is 0 Å². The number of nitrogens with zero attached hydrogens (tertiary/aromatic N) is 5. The fraction of sp³-hybridized carbons (Fsp3) is 0.389. The molecule has 0 amide bonds. The van der Waals surface area contributed by atoms with Crippen molar-refractivity contribution >= 4 is 11.3 Å². The number of rotatable bonds is 5. The zero-order chi connectivity index (χ0) is 17.1. The fourth-order valence-electron chi connectivity index (χ4n) is 3.38. The summed E-state index contributed by atoms with van der Waals surface area (Å²) in [6.45, 7) is 2.66. The summed E-state index contributed by atoms with van der Waals surface area (Å²) >= 11 is 1.74. The Morgan fingerprint density at radius 1 is 1.08 bits per heavy atom. The molecule has 1 saturated heterocycles. The van der Waals surface area contributed by atoms with Crippen LogP contribution < -0.4 is 0 Å². The predicted octanol–water partition coefficient (Wildman–Crippen LogP) is 3.50. The van der Waals surface area contributed by atoms with Crippen molar-refractivity contribution in [2.45, 2.75) is 31.8 Å². The van der Waals surface area contributed by atoms with Crippen molar-refractivity contribution in [2.75, 3.05) is 13.1 Å². The van der Waals surface area contributed by atoms with Gasteiger partial charge in [0.15, 0.2) is 5.82 Å². The van der Waals surface area contributed by atoms with E-state index in [0.717, 1.165) is 24.5 Å². The summed E-state index contributed by atoms with van der Waals surface area (Å²) in [6, 6.07) is 10.8. The smallest absolute Gasteiger partial charge is 0.174 e. The quantitative estimate of drug-likeness (QED) is 0.701. The highest BCUT2D eigenvalue weighted by molar-refractivity contribution is 7.10. The van der Waals surface area contributed by atoms with Gasteiger partial charge in [-0.25, -0.2) is 9.07 Å². The average Bonchev–Trinajstić information content (AvgIpc) is 3.32. The van der Waals surface area contributed by atoms with Gasteiger partial charge in [-0.1, -0.05) is 24.6 Å². The Bertz CT molecular complexity index is 793. The molecule has 5 nitrogen and oxygen atoms in total. The number of aromatic nitrogens is 4. The van der Waals surface area contributed by atoms with Crippen molar-refractivity contribution in [1.29, 1.82) is 0 Å². The van der Waals surface area contributed by atoms with Crippen molar-refractivity contribution in [3.63, 3.8) is 0 Å². The van der Waals surface area contributed by atoms with E-state index in [1.54, 1.807) is 23.5 Å². The van der Waals surface area contributed by atoms with Gasteiger partial charge in [0, 0.05) is 4.88 Å². The van der Waals surface area contributed by atoms with Crippen LogP contribution in [0.5, 0.6) is 0 Å². The van der Waals surface area contributed by atoms with E-state index in [9.17, 15) is 4.39 Å². The number of likely N-dealkylation sites (tertiary alicyclic amines) is 1. The van der Waals surface area contributed by atoms with Crippen LogP contribution in [0.15, 0.2) is 41.8 Å². The maximum absolute atomic E-state index is 13.1. The monoisotopic (exact) mass is 357 g/mol. The molecule has 0 saturated carbocycles. The fourth-order valence-corrected chi connectivity index (χ4v) is 4.23. The molecule has 1 unspecified atom stereocenters. The third kappa shape index (κ3) is 3.62. The summed E-state index contributed by atoms with van der Waals surface area (Å²) in [6.07, 6.45) is 3.71. The summed E-state index contributed by atoms with van der Waals surface area (Å²) in [5.41, 5.74) is 0.985. The van der Waals surface area contributed by atoms with Crippen LogP contribution in [0.3, 0.4) is 0 Å². The summed E-state index contributed by atoms with van der Waals surface area (Å²) in [5, 5.41) is 14.6. The number of tetrazole rings is 1. The molecule has 3 aromatic rings. The SMILES string of the molecule is Fc1ccc(Cn2nnnc2C(c2cccs2)N2CCCCC2)cc1. The normalized spacial score (nSPS) is 16.8. The maximum Gasteiger partial charge on any atom is 0.174 e. The molecule has 1 aliphatic rings. The average molecular weight is 357 g/mol. The molecule has 0 radical (unpaired) electrons. The minimum absolute atomic E-state index is 0.0794. The lowest BCUT2D eigenvalue weighted by atomic mass is 10.1. The zero-order valence-electron chi connectivity index (χ0n) is 13.9. The number of hydrogen-bond acceptors (Lipinski definition) is 5. The van der Waals surface area contributed by atoms with E-state index in [1.165, 1.54) is 36.3 Å². The van der Waals surface area contributed by atoms with Crippen molar-refractivity contribution in [2.24, 2.45) is 0 Å². The summed E-state index contributed by atoms with van der Waals surface area (Å²) in [4.78, 5) is 3.74. The first-order valence-corrected chi connectivity index (χ1v) is 9.47. The number of piperidine rings is 1. The Kier molecular flexibility index (Phi) is 4.85. The van der Waals surface area contributed by atoms with Crippen molar-refractivity contribution < 1.29 is 4.39 Å². The highest BCUT2D eigenvalue weighted by atomic mass is 32.1. The van der Waals surface area contributed by atoms with Crippen LogP contribution >= 0.6 is 11.3 Å². The summed E-state index contributed by atoms with van der Waals surface area (Å²) in [5.74, 6) is 0.624. The first kappa shape index (κ1) is 16.4. The van der Waals surface area contributed by atoms with E-state index in [-0.39, 0.29) is 11.9 Å². The van der Waals surface area contributed by atoms with Crippen molar-refractivity contribution in [1.82, 2.24) is 25.1 Å². The lowest BCUT2D eigenvalue weighted by molar-refractivity contribution is 0.180. The minimum atomic E-state index is -0.231. The summed E-state index contributed by atoms with van der Waals surface area (Å²) < 4.78 is 15.0. The molecule has 0 N–H and O–H groups in total. The van der Waals surface area contributed by atoms with Crippen LogP contribution in [0, 0.1) is 5.82 Å². The molecule has 0 bridgehead atoms. The molecule has 0 spiro atoms. The van der Waals surface area contributed by atoms with Gasteiger partial charge >= 0.3 is 0 Å². The largest absolute Gasteiger partial charge is 0.289 e. The predicted molar refractivity (Wildman–Crippen MR) is 94.9 cm³/mol.